The van der Waals surface area contributed by atoms with Crippen molar-refractivity contribution in [2.24, 2.45) is 11.1 Å². The number of aliphatic hydroxyl groups is 1. The van der Waals surface area contributed by atoms with E-state index in [-0.39, 0.29) is 23.3 Å². The molecule has 0 aromatic carbocycles. The van der Waals surface area contributed by atoms with Gasteiger partial charge in [0.25, 0.3) is 0 Å². The zero-order valence-electron chi connectivity index (χ0n) is 9.62. The summed E-state index contributed by atoms with van der Waals surface area (Å²) in [5.41, 5.74) is 6.10. The van der Waals surface area contributed by atoms with Crippen LogP contribution >= 0.6 is 11.8 Å². The van der Waals surface area contributed by atoms with Gasteiger partial charge in [0.1, 0.15) is 0 Å². The summed E-state index contributed by atoms with van der Waals surface area (Å²) in [6.45, 7) is 7.12. The van der Waals surface area contributed by atoms with Crippen LogP contribution in [0.5, 0.6) is 0 Å². The van der Waals surface area contributed by atoms with Crippen LogP contribution in [-0.4, -0.2) is 42.5 Å². The van der Waals surface area contributed by atoms with E-state index in [0.717, 1.165) is 5.75 Å². The highest BCUT2D eigenvalue weighted by molar-refractivity contribution is 8.00. The Balaban J connectivity index is 3.99. The molecule has 3 N–H and O–H groups in total. The van der Waals surface area contributed by atoms with Crippen molar-refractivity contribution in [1.82, 2.24) is 0 Å². The van der Waals surface area contributed by atoms with E-state index in [4.69, 9.17) is 10.5 Å². The minimum absolute atomic E-state index is 0.00866. The second-order valence-corrected chi connectivity index (χ2v) is 5.82. The van der Waals surface area contributed by atoms with Gasteiger partial charge in [-0.05, 0) is 5.41 Å². The summed E-state index contributed by atoms with van der Waals surface area (Å²) in [4.78, 5) is 0. The van der Waals surface area contributed by atoms with Crippen molar-refractivity contribution in [3.05, 3.63) is 0 Å². The third-order valence-electron chi connectivity index (χ3n) is 2.20. The molecule has 2 atom stereocenters. The highest BCUT2D eigenvalue weighted by atomic mass is 32.2. The quantitative estimate of drug-likeness (QED) is 0.660. The third-order valence-corrected chi connectivity index (χ3v) is 3.47. The molecule has 0 bridgehead atoms. The number of thioether (sulfide) groups is 1. The maximum Gasteiger partial charge on any atom is 0.0565 e. The molecule has 0 spiro atoms. The number of aliphatic hydroxyl groups excluding tert-OH is 1. The Morgan fingerprint density at radius 1 is 1.43 bits per heavy atom. The van der Waals surface area contributed by atoms with Gasteiger partial charge < -0.3 is 15.6 Å². The van der Waals surface area contributed by atoms with Crippen molar-refractivity contribution >= 4 is 11.8 Å². The first kappa shape index (κ1) is 14.2. The molecular formula is C10H23NO2S. The molecule has 86 valence electrons. The van der Waals surface area contributed by atoms with Crippen molar-refractivity contribution in [3.8, 4) is 0 Å². The highest BCUT2D eigenvalue weighted by Gasteiger charge is 2.28. The van der Waals surface area contributed by atoms with Crippen LogP contribution < -0.4 is 5.73 Å². The number of rotatable bonds is 6. The van der Waals surface area contributed by atoms with Gasteiger partial charge in [-0.3, -0.25) is 0 Å². The predicted octanol–water partition coefficient (Wildman–Crippen LogP) is 1.10. The van der Waals surface area contributed by atoms with Gasteiger partial charge >= 0.3 is 0 Å². The van der Waals surface area contributed by atoms with Crippen molar-refractivity contribution in [3.63, 3.8) is 0 Å². The fourth-order valence-electron chi connectivity index (χ4n) is 1.11. The van der Waals surface area contributed by atoms with Crippen LogP contribution in [0.15, 0.2) is 0 Å². The molecular weight excluding hydrogens is 198 g/mol. The molecule has 0 radical (unpaired) electrons. The van der Waals surface area contributed by atoms with Crippen molar-refractivity contribution < 1.29 is 9.84 Å². The molecule has 0 amide bonds. The summed E-state index contributed by atoms with van der Waals surface area (Å²) < 4.78 is 4.96. The molecule has 0 aromatic heterocycles. The molecule has 0 aromatic rings. The molecule has 4 heteroatoms. The van der Waals surface area contributed by atoms with Gasteiger partial charge in [0, 0.05) is 24.2 Å². The van der Waals surface area contributed by atoms with Gasteiger partial charge in [-0.2, -0.15) is 11.8 Å². The summed E-state index contributed by atoms with van der Waals surface area (Å²) in [6.07, 6.45) is 0. The molecule has 0 saturated carbocycles. The molecule has 0 aliphatic rings. The Bertz CT molecular complexity index is 148. The maximum atomic E-state index is 9.22. The van der Waals surface area contributed by atoms with Crippen molar-refractivity contribution in [2.45, 2.75) is 32.1 Å². The Labute approximate surface area is 91.4 Å². The molecule has 0 aliphatic carbocycles. The Morgan fingerprint density at radius 3 is 2.36 bits per heavy atom. The lowest BCUT2D eigenvalue weighted by Gasteiger charge is -2.32. The van der Waals surface area contributed by atoms with Crippen LogP contribution in [0.25, 0.3) is 0 Å². The fourth-order valence-corrected chi connectivity index (χ4v) is 2.40. The molecule has 0 fully saturated rings. The highest BCUT2D eigenvalue weighted by Crippen LogP contribution is 2.26. The molecule has 2 unspecified atom stereocenters. The summed E-state index contributed by atoms with van der Waals surface area (Å²) in [6, 6.07) is 0.00866. The third kappa shape index (κ3) is 5.20. The first-order valence-corrected chi connectivity index (χ1v) is 5.95. The van der Waals surface area contributed by atoms with Gasteiger partial charge in [-0.15, -0.1) is 0 Å². The molecule has 3 nitrogen and oxygen atoms in total. The van der Waals surface area contributed by atoms with Crippen LogP contribution in [0.4, 0.5) is 0 Å². The summed E-state index contributed by atoms with van der Waals surface area (Å²) >= 11 is 1.68. The van der Waals surface area contributed by atoms with Crippen LogP contribution in [0, 0.1) is 5.41 Å². The molecule has 14 heavy (non-hydrogen) atoms. The van der Waals surface area contributed by atoms with E-state index in [0.29, 0.717) is 6.61 Å². The van der Waals surface area contributed by atoms with Gasteiger partial charge in [-0.1, -0.05) is 20.8 Å². The average molecular weight is 221 g/mol. The van der Waals surface area contributed by atoms with Crippen LogP contribution in [0.3, 0.4) is 0 Å². The van der Waals surface area contributed by atoms with Gasteiger partial charge in [0.15, 0.2) is 0 Å². The minimum atomic E-state index is 0.00866. The van der Waals surface area contributed by atoms with E-state index in [1.807, 2.05) is 0 Å². The SMILES string of the molecule is COCCSC(CO)C(N)C(C)(C)C. The van der Waals surface area contributed by atoms with Gasteiger partial charge in [0.2, 0.25) is 0 Å². The summed E-state index contributed by atoms with van der Waals surface area (Å²) in [7, 11) is 1.68. The van der Waals surface area contributed by atoms with E-state index in [2.05, 4.69) is 20.8 Å². The standard InChI is InChI=1S/C10H23NO2S/c1-10(2,3)9(11)8(7-12)14-6-5-13-4/h8-9,12H,5-7,11H2,1-4H3. The first-order chi connectivity index (χ1) is 6.43. The normalized spacial score (nSPS) is 16.7. The van der Waals surface area contributed by atoms with E-state index < -0.39 is 0 Å². The molecule has 0 saturated heterocycles. The fraction of sp³-hybridized carbons (Fsp3) is 1.00. The largest absolute Gasteiger partial charge is 0.395 e. The lowest BCUT2D eigenvalue weighted by molar-refractivity contribution is 0.216. The number of methoxy groups -OCH3 is 1. The Hall–Kier alpha value is 0.230. The summed E-state index contributed by atoms with van der Waals surface area (Å²) in [5.74, 6) is 0.880. The predicted molar refractivity (Wildman–Crippen MR) is 62.6 cm³/mol. The maximum absolute atomic E-state index is 9.22. The topological polar surface area (TPSA) is 55.5 Å². The molecule has 0 heterocycles. The average Bonchev–Trinajstić information content (AvgIpc) is 2.10. The monoisotopic (exact) mass is 221 g/mol. The second kappa shape index (κ2) is 6.67. The van der Waals surface area contributed by atoms with E-state index in [9.17, 15) is 5.11 Å². The molecule has 0 rings (SSSR count). The van der Waals surface area contributed by atoms with E-state index in [1.165, 1.54) is 0 Å². The minimum Gasteiger partial charge on any atom is -0.395 e. The number of hydrogen-bond acceptors (Lipinski definition) is 4. The second-order valence-electron chi connectivity index (χ2n) is 4.48. The molecule has 0 aliphatic heterocycles. The van der Waals surface area contributed by atoms with Gasteiger partial charge in [-0.25, -0.2) is 0 Å². The first-order valence-electron chi connectivity index (χ1n) is 4.90. The lowest BCUT2D eigenvalue weighted by atomic mass is 9.85. The summed E-state index contributed by atoms with van der Waals surface area (Å²) in [5, 5.41) is 9.32. The van der Waals surface area contributed by atoms with Crippen molar-refractivity contribution in [1.29, 1.82) is 0 Å². The smallest absolute Gasteiger partial charge is 0.0565 e. The number of ether oxygens (including phenoxy) is 1. The van der Waals surface area contributed by atoms with Crippen LogP contribution in [-0.2, 0) is 4.74 Å². The zero-order valence-corrected chi connectivity index (χ0v) is 10.4. The Kier molecular flexibility index (Phi) is 6.78. The zero-order chi connectivity index (χ0) is 11.2. The lowest BCUT2D eigenvalue weighted by Crippen LogP contribution is -2.45. The van der Waals surface area contributed by atoms with Crippen LogP contribution in [0.2, 0.25) is 0 Å². The van der Waals surface area contributed by atoms with E-state index in [1.54, 1.807) is 18.9 Å². The van der Waals surface area contributed by atoms with Crippen LogP contribution in [0.1, 0.15) is 20.8 Å². The number of hydrogen-bond donors (Lipinski definition) is 2. The number of nitrogens with two attached hydrogens (primary N) is 1. The Morgan fingerprint density at radius 2 is 2.00 bits per heavy atom. The van der Waals surface area contributed by atoms with Gasteiger partial charge in [0.05, 0.1) is 13.2 Å². The van der Waals surface area contributed by atoms with E-state index >= 15 is 0 Å². The van der Waals surface area contributed by atoms with Crippen molar-refractivity contribution in [2.75, 3.05) is 26.1 Å².